The number of hydrogen-bond donors (Lipinski definition) is 2. The van der Waals surface area contributed by atoms with Crippen molar-refractivity contribution in [3.63, 3.8) is 0 Å². The molecule has 3 aliphatic rings. The molecule has 9 nitrogen and oxygen atoms in total. The summed E-state index contributed by atoms with van der Waals surface area (Å²) in [5.41, 5.74) is 0.521. The number of amides is 1. The lowest BCUT2D eigenvalue weighted by molar-refractivity contribution is -0.115. The Labute approximate surface area is 221 Å². The van der Waals surface area contributed by atoms with Gasteiger partial charge in [-0.3, -0.25) is 4.79 Å². The molecule has 2 saturated carbocycles. The van der Waals surface area contributed by atoms with Crippen LogP contribution in [0, 0.1) is 5.92 Å². The van der Waals surface area contributed by atoms with Gasteiger partial charge in [0.1, 0.15) is 15.8 Å². The van der Waals surface area contributed by atoms with Gasteiger partial charge in [-0.1, -0.05) is 35.2 Å². The van der Waals surface area contributed by atoms with Crippen molar-refractivity contribution < 1.29 is 13.6 Å². The lowest BCUT2D eigenvalue weighted by Gasteiger charge is -2.39. The second-order valence-corrected chi connectivity index (χ2v) is 12.2. The maximum atomic E-state index is 13.2. The van der Waals surface area contributed by atoms with Crippen LogP contribution in [-0.2, 0) is 11.2 Å². The van der Waals surface area contributed by atoms with E-state index in [4.69, 9.17) is 0 Å². The largest absolute Gasteiger partial charge is 0.360 e. The minimum Gasteiger partial charge on any atom is -0.360 e. The number of aromatic nitrogens is 5. The average molecular weight is 547 g/mol. The number of nitrogens with one attached hydrogen (secondary N) is 2. The standard InChI is InChI=1S/C24H28F2N8OS2/c25-24(26)12-34(13-24)18-6-2-5-17(28-18)10-19(35)29-23-33-31-21(37-23)16-4-1-3-15(9-16)20-30-32-22(36-20)27-11-14-7-8-14/h2,5-6,14-16H,1,3-4,7-13H2,(H,27,32)(H,29,33,35)/t15-,16-/m0/s1. The van der Waals surface area contributed by atoms with Crippen LogP contribution in [0.2, 0.25) is 0 Å². The van der Waals surface area contributed by atoms with Crippen molar-refractivity contribution in [2.75, 3.05) is 35.2 Å². The topological polar surface area (TPSA) is 109 Å². The first-order valence-electron chi connectivity index (χ1n) is 12.7. The Hall–Kier alpha value is -2.80. The van der Waals surface area contributed by atoms with Gasteiger partial charge in [0.25, 0.3) is 5.92 Å². The van der Waals surface area contributed by atoms with Crippen LogP contribution in [0.15, 0.2) is 18.2 Å². The molecule has 6 rings (SSSR count). The number of halogens is 2. The summed E-state index contributed by atoms with van der Waals surface area (Å²) in [6.45, 7) is 0.297. The van der Waals surface area contributed by atoms with Crippen LogP contribution in [0.25, 0.3) is 0 Å². The van der Waals surface area contributed by atoms with E-state index in [0.717, 1.165) is 53.3 Å². The van der Waals surface area contributed by atoms with Crippen LogP contribution in [-0.4, -0.2) is 56.8 Å². The van der Waals surface area contributed by atoms with Gasteiger partial charge < -0.3 is 15.5 Å². The van der Waals surface area contributed by atoms with Gasteiger partial charge in [0, 0.05) is 18.4 Å². The second kappa shape index (κ2) is 10.2. The third-order valence-electron chi connectivity index (χ3n) is 7.04. The fourth-order valence-electron chi connectivity index (χ4n) is 4.86. The van der Waals surface area contributed by atoms with E-state index in [1.807, 2.05) is 0 Å². The SMILES string of the molecule is O=C(Cc1cccc(N2CC(F)(F)C2)n1)Nc1nnc([C@H]2CCC[C@H](c3nnc(NCC4CC4)s3)C2)s1. The highest BCUT2D eigenvalue weighted by atomic mass is 32.1. The van der Waals surface area contributed by atoms with Gasteiger partial charge in [0.15, 0.2) is 0 Å². The summed E-state index contributed by atoms with van der Waals surface area (Å²) in [6.07, 6.45) is 6.82. The lowest BCUT2D eigenvalue weighted by Crippen LogP contribution is -2.56. The van der Waals surface area contributed by atoms with E-state index < -0.39 is 5.92 Å². The Bertz CT molecular complexity index is 1250. The minimum absolute atomic E-state index is 0.0344. The molecule has 0 spiro atoms. The number of pyridine rings is 1. The molecule has 1 aliphatic heterocycles. The van der Waals surface area contributed by atoms with Crippen molar-refractivity contribution in [1.82, 2.24) is 25.4 Å². The van der Waals surface area contributed by atoms with Crippen molar-refractivity contribution in [2.45, 2.75) is 62.7 Å². The van der Waals surface area contributed by atoms with Crippen molar-refractivity contribution >= 4 is 44.7 Å². The van der Waals surface area contributed by atoms with E-state index in [2.05, 4.69) is 36.0 Å². The van der Waals surface area contributed by atoms with Crippen LogP contribution >= 0.6 is 22.7 Å². The first kappa shape index (κ1) is 24.5. The van der Waals surface area contributed by atoms with E-state index in [9.17, 15) is 13.6 Å². The summed E-state index contributed by atoms with van der Waals surface area (Å²) < 4.78 is 26.3. The van der Waals surface area contributed by atoms with Gasteiger partial charge in [-0.05, 0) is 50.2 Å². The lowest BCUT2D eigenvalue weighted by atomic mass is 9.82. The summed E-state index contributed by atoms with van der Waals surface area (Å²) in [4.78, 5) is 18.5. The molecule has 2 N–H and O–H groups in total. The monoisotopic (exact) mass is 546 g/mol. The number of rotatable bonds is 9. The van der Waals surface area contributed by atoms with Gasteiger partial charge >= 0.3 is 0 Å². The molecule has 1 amide bonds. The zero-order valence-corrected chi connectivity index (χ0v) is 21.8. The molecule has 3 aromatic heterocycles. The van der Waals surface area contributed by atoms with Gasteiger partial charge in [-0.25, -0.2) is 13.8 Å². The quantitative estimate of drug-likeness (QED) is 0.398. The second-order valence-electron chi connectivity index (χ2n) is 10.2. The summed E-state index contributed by atoms with van der Waals surface area (Å²) in [6, 6.07) is 5.13. The normalized spacial score (nSPS) is 22.9. The Balaban J connectivity index is 1.02. The van der Waals surface area contributed by atoms with Gasteiger partial charge in [-0.15, -0.1) is 20.4 Å². The highest BCUT2D eigenvalue weighted by Crippen LogP contribution is 2.43. The number of nitrogens with zero attached hydrogens (tertiary/aromatic N) is 6. The molecule has 3 aromatic rings. The van der Waals surface area contributed by atoms with Crippen LogP contribution < -0.4 is 15.5 Å². The molecule has 0 unspecified atom stereocenters. The number of hydrogen-bond acceptors (Lipinski definition) is 10. The molecule has 13 heteroatoms. The van der Waals surface area contributed by atoms with Crippen molar-refractivity contribution in [3.05, 3.63) is 33.9 Å². The smallest absolute Gasteiger partial charge is 0.282 e. The van der Waals surface area contributed by atoms with Crippen LogP contribution in [0.5, 0.6) is 0 Å². The molecule has 1 saturated heterocycles. The zero-order chi connectivity index (χ0) is 25.4. The van der Waals surface area contributed by atoms with Gasteiger partial charge in [0.05, 0.1) is 25.2 Å². The van der Waals surface area contributed by atoms with E-state index >= 15 is 0 Å². The number of alkyl halides is 2. The molecule has 0 radical (unpaired) electrons. The number of carbonyl (C=O) groups excluding carboxylic acids is 1. The fourth-order valence-corrected chi connectivity index (χ4v) is 6.66. The molecule has 0 aromatic carbocycles. The van der Waals surface area contributed by atoms with E-state index in [-0.39, 0.29) is 31.3 Å². The molecular weight excluding hydrogens is 518 g/mol. The third-order valence-corrected chi connectivity index (χ3v) is 9.09. The van der Waals surface area contributed by atoms with Crippen LogP contribution in [0.3, 0.4) is 0 Å². The van der Waals surface area contributed by atoms with E-state index in [0.29, 0.717) is 22.6 Å². The van der Waals surface area contributed by atoms with Crippen molar-refractivity contribution in [3.8, 4) is 0 Å². The fraction of sp³-hybridized carbons (Fsp3) is 0.583. The molecule has 2 aliphatic carbocycles. The van der Waals surface area contributed by atoms with Crippen molar-refractivity contribution in [1.29, 1.82) is 0 Å². The van der Waals surface area contributed by atoms with Crippen LogP contribution in [0.1, 0.15) is 66.1 Å². The Morgan fingerprint density at radius 1 is 1.00 bits per heavy atom. The molecule has 196 valence electrons. The highest BCUT2D eigenvalue weighted by Gasteiger charge is 2.44. The highest BCUT2D eigenvalue weighted by molar-refractivity contribution is 7.15. The van der Waals surface area contributed by atoms with Gasteiger partial charge in [-0.2, -0.15) is 0 Å². The van der Waals surface area contributed by atoms with E-state index in [1.54, 1.807) is 29.5 Å². The maximum absolute atomic E-state index is 13.2. The number of anilines is 3. The van der Waals surface area contributed by atoms with Crippen LogP contribution in [0.4, 0.5) is 24.9 Å². The first-order valence-corrected chi connectivity index (χ1v) is 14.3. The van der Waals surface area contributed by atoms with E-state index in [1.165, 1.54) is 29.1 Å². The average Bonchev–Trinajstić information content (AvgIpc) is 3.37. The third kappa shape index (κ3) is 6.03. The molecule has 37 heavy (non-hydrogen) atoms. The minimum atomic E-state index is -2.67. The van der Waals surface area contributed by atoms with Crippen molar-refractivity contribution in [2.24, 2.45) is 5.92 Å². The first-order chi connectivity index (χ1) is 17.9. The zero-order valence-electron chi connectivity index (χ0n) is 20.2. The summed E-state index contributed by atoms with van der Waals surface area (Å²) in [5, 5.41) is 27.0. The summed E-state index contributed by atoms with van der Waals surface area (Å²) in [7, 11) is 0. The predicted octanol–water partition coefficient (Wildman–Crippen LogP) is 4.68. The predicted molar refractivity (Wildman–Crippen MR) is 139 cm³/mol. The molecular formula is C24H28F2N8OS2. The summed E-state index contributed by atoms with van der Waals surface area (Å²) >= 11 is 3.07. The summed E-state index contributed by atoms with van der Waals surface area (Å²) in [5.74, 6) is -1.04. The molecule has 3 fully saturated rings. The molecule has 0 bridgehead atoms. The maximum Gasteiger partial charge on any atom is 0.282 e. The Kier molecular flexibility index (Phi) is 6.74. The Morgan fingerprint density at radius 2 is 1.70 bits per heavy atom. The Morgan fingerprint density at radius 3 is 2.41 bits per heavy atom. The number of carbonyl (C=O) groups is 1. The molecule has 2 atom stereocenters. The molecule has 4 heterocycles. The van der Waals surface area contributed by atoms with Gasteiger partial charge in [0.2, 0.25) is 16.2 Å².